The minimum Gasteiger partial charge on any atom is -0.342 e. The highest BCUT2D eigenvalue weighted by Crippen LogP contribution is 2.01. The monoisotopic (exact) mass is 182 g/mol. The van der Waals surface area contributed by atoms with E-state index < -0.39 is 0 Å². The smallest absolute Gasteiger partial charge is 0.293 e. The van der Waals surface area contributed by atoms with Crippen molar-refractivity contribution >= 4 is 5.91 Å². The van der Waals surface area contributed by atoms with E-state index in [0.717, 1.165) is 0 Å². The number of hydrogen-bond donors (Lipinski definition) is 0. The van der Waals surface area contributed by atoms with Crippen LogP contribution in [0.25, 0.3) is 0 Å². The Morgan fingerprint density at radius 2 is 2.15 bits per heavy atom. The zero-order valence-electron chi connectivity index (χ0n) is 8.35. The van der Waals surface area contributed by atoms with Gasteiger partial charge in [-0.25, -0.2) is 9.67 Å². The molecular formula is C8H14N4O. The largest absolute Gasteiger partial charge is 0.342 e. The summed E-state index contributed by atoms with van der Waals surface area (Å²) in [7, 11) is 3.36. The molecule has 0 atom stereocenters. The molecular weight excluding hydrogens is 168 g/mol. The predicted octanol–water partition coefficient (Wildman–Crippen LogP) is 0.561. The lowest BCUT2D eigenvalue weighted by Gasteiger charge is -2.06. The molecule has 0 unspecified atom stereocenters. The summed E-state index contributed by atoms with van der Waals surface area (Å²) < 4.78 is 1.66. The molecule has 0 radical (unpaired) electrons. The normalized spacial score (nSPS) is 10.5. The number of amides is 1. The Morgan fingerprint density at radius 3 is 2.54 bits per heavy atom. The Hall–Kier alpha value is -1.39. The molecule has 0 saturated carbocycles. The summed E-state index contributed by atoms with van der Waals surface area (Å²) in [5, 5.41) is 4.05. The SMILES string of the molecule is CC(C)n1cnc(C(=O)N(C)C)n1. The highest BCUT2D eigenvalue weighted by Gasteiger charge is 2.13. The fraction of sp³-hybridized carbons (Fsp3) is 0.625. The number of carbonyl (C=O) groups is 1. The molecule has 0 aliphatic carbocycles. The summed E-state index contributed by atoms with van der Waals surface area (Å²) in [6, 6.07) is 0.233. The van der Waals surface area contributed by atoms with Crippen LogP contribution in [0.3, 0.4) is 0 Å². The van der Waals surface area contributed by atoms with Crippen molar-refractivity contribution in [1.29, 1.82) is 0 Å². The number of aromatic nitrogens is 3. The van der Waals surface area contributed by atoms with Crippen LogP contribution in [-0.2, 0) is 0 Å². The van der Waals surface area contributed by atoms with Crippen molar-refractivity contribution in [2.45, 2.75) is 19.9 Å². The minimum atomic E-state index is -0.167. The van der Waals surface area contributed by atoms with Crippen molar-refractivity contribution < 1.29 is 4.79 Å². The number of nitrogens with zero attached hydrogens (tertiary/aromatic N) is 4. The molecule has 5 nitrogen and oxygen atoms in total. The third-order valence-electron chi connectivity index (χ3n) is 1.64. The maximum atomic E-state index is 11.4. The average Bonchev–Trinajstić information content (AvgIpc) is 2.50. The third-order valence-corrected chi connectivity index (χ3v) is 1.64. The van der Waals surface area contributed by atoms with Gasteiger partial charge in [-0.1, -0.05) is 0 Å². The molecule has 0 saturated heterocycles. The van der Waals surface area contributed by atoms with Gasteiger partial charge >= 0.3 is 0 Å². The van der Waals surface area contributed by atoms with Gasteiger partial charge in [0.2, 0.25) is 5.82 Å². The molecule has 5 heteroatoms. The quantitative estimate of drug-likeness (QED) is 0.671. The summed E-state index contributed by atoms with van der Waals surface area (Å²) in [6.07, 6.45) is 1.57. The van der Waals surface area contributed by atoms with Crippen LogP contribution in [0.15, 0.2) is 6.33 Å². The molecule has 72 valence electrons. The van der Waals surface area contributed by atoms with Gasteiger partial charge in [0.1, 0.15) is 6.33 Å². The van der Waals surface area contributed by atoms with Crippen LogP contribution in [0, 0.1) is 0 Å². The van der Waals surface area contributed by atoms with E-state index in [2.05, 4.69) is 10.1 Å². The van der Waals surface area contributed by atoms with Crippen LogP contribution in [0.5, 0.6) is 0 Å². The Kier molecular flexibility index (Phi) is 2.65. The molecule has 0 bridgehead atoms. The lowest BCUT2D eigenvalue weighted by atomic mass is 10.4. The summed E-state index contributed by atoms with van der Waals surface area (Å²) in [6.45, 7) is 3.97. The van der Waals surface area contributed by atoms with Gasteiger partial charge in [0.25, 0.3) is 5.91 Å². The molecule has 0 aliphatic heterocycles. The Morgan fingerprint density at radius 1 is 1.54 bits per heavy atom. The maximum absolute atomic E-state index is 11.4. The van der Waals surface area contributed by atoms with Crippen LogP contribution in [0.1, 0.15) is 30.5 Å². The second-order valence-corrected chi connectivity index (χ2v) is 3.34. The van der Waals surface area contributed by atoms with E-state index >= 15 is 0 Å². The highest BCUT2D eigenvalue weighted by atomic mass is 16.2. The first-order valence-electron chi connectivity index (χ1n) is 4.15. The second-order valence-electron chi connectivity index (χ2n) is 3.34. The Bertz CT molecular complexity index is 303. The van der Waals surface area contributed by atoms with Gasteiger partial charge in [-0.2, -0.15) is 0 Å². The van der Waals surface area contributed by atoms with E-state index in [4.69, 9.17) is 0 Å². The molecule has 1 aromatic rings. The fourth-order valence-corrected chi connectivity index (χ4v) is 0.822. The first-order valence-corrected chi connectivity index (χ1v) is 4.15. The lowest BCUT2D eigenvalue weighted by Crippen LogP contribution is -2.23. The number of hydrogen-bond acceptors (Lipinski definition) is 3. The van der Waals surface area contributed by atoms with Crippen LogP contribution >= 0.6 is 0 Å². The average molecular weight is 182 g/mol. The van der Waals surface area contributed by atoms with Crippen molar-refractivity contribution in [3.05, 3.63) is 12.2 Å². The summed E-state index contributed by atoms with van der Waals surface area (Å²) in [5.74, 6) is 0.0816. The molecule has 0 N–H and O–H groups in total. The first kappa shape index (κ1) is 9.70. The zero-order valence-corrected chi connectivity index (χ0v) is 8.35. The summed E-state index contributed by atoms with van der Waals surface area (Å²) in [4.78, 5) is 16.7. The van der Waals surface area contributed by atoms with Crippen molar-refractivity contribution in [3.8, 4) is 0 Å². The van der Waals surface area contributed by atoms with Gasteiger partial charge in [-0.15, -0.1) is 5.10 Å². The fourth-order valence-electron chi connectivity index (χ4n) is 0.822. The predicted molar refractivity (Wildman–Crippen MR) is 48.4 cm³/mol. The van der Waals surface area contributed by atoms with Gasteiger partial charge in [0.05, 0.1) is 0 Å². The van der Waals surface area contributed by atoms with Crippen molar-refractivity contribution in [2.75, 3.05) is 14.1 Å². The second kappa shape index (κ2) is 3.55. The van der Waals surface area contributed by atoms with E-state index in [9.17, 15) is 4.79 Å². The van der Waals surface area contributed by atoms with Crippen molar-refractivity contribution in [2.24, 2.45) is 0 Å². The van der Waals surface area contributed by atoms with Crippen LogP contribution in [-0.4, -0.2) is 39.7 Å². The van der Waals surface area contributed by atoms with E-state index in [1.54, 1.807) is 25.1 Å². The molecule has 0 spiro atoms. The zero-order chi connectivity index (χ0) is 10.0. The molecule has 0 aromatic carbocycles. The summed E-state index contributed by atoms with van der Waals surface area (Å²) in [5.41, 5.74) is 0. The van der Waals surface area contributed by atoms with Gasteiger partial charge < -0.3 is 4.90 Å². The molecule has 13 heavy (non-hydrogen) atoms. The van der Waals surface area contributed by atoms with E-state index in [0.29, 0.717) is 0 Å². The first-order chi connectivity index (χ1) is 6.02. The van der Waals surface area contributed by atoms with Crippen molar-refractivity contribution in [3.63, 3.8) is 0 Å². The standard InChI is InChI=1S/C8H14N4O/c1-6(2)12-5-9-7(10-12)8(13)11(3)4/h5-6H,1-4H3. The molecule has 1 aromatic heterocycles. The number of rotatable bonds is 2. The molecule has 1 rings (SSSR count). The van der Waals surface area contributed by atoms with Crippen LogP contribution in [0.2, 0.25) is 0 Å². The highest BCUT2D eigenvalue weighted by molar-refractivity contribution is 5.89. The minimum absolute atomic E-state index is 0.167. The molecule has 1 heterocycles. The Balaban J connectivity index is 2.86. The maximum Gasteiger partial charge on any atom is 0.293 e. The van der Waals surface area contributed by atoms with Gasteiger partial charge in [-0.05, 0) is 13.8 Å². The molecule has 0 fully saturated rings. The number of carbonyl (C=O) groups excluding carboxylic acids is 1. The topological polar surface area (TPSA) is 51.0 Å². The van der Waals surface area contributed by atoms with E-state index in [-0.39, 0.29) is 17.8 Å². The van der Waals surface area contributed by atoms with Crippen LogP contribution in [0.4, 0.5) is 0 Å². The van der Waals surface area contributed by atoms with Gasteiger partial charge in [0.15, 0.2) is 0 Å². The van der Waals surface area contributed by atoms with Gasteiger partial charge in [-0.3, -0.25) is 4.79 Å². The van der Waals surface area contributed by atoms with Crippen molar-refractivity contribution in [1.82, 2.24) is 19.7 Å². The lowest BCUT2D eigenvalue weighted by molar-refractivity contribution is 0.0815. The molecule has 0 aliphatic rings. The third kappa shape index (κ3) is 2.05. The summed E-state index contributed by atoms with van der Waals surface area (Å²) >= 11 is 0. The van der Waals surface area contributed by atoms with E-state index in [1.807, 2.05) is 13.8 Å². The van der Waals surface area contributed by atoms with E-state index in [1.165, 1.54) is 4.90 Å². The van der Waals surface area contributed by atoms with Gasteiger partial charge in [0, 0.05) is 20.1 Å². The molecule has 1 amide bonds. The van der Waals surface area contributed by atoms with Crippen LogP contribution < -0.4 is 0 Å². The Labute approximate surface area is 77.4 Å².